The second kappa shape index (κ2) is 54.8. The predicted molar refractivity (Wildman–Crippen MR) is 323 cm³/mol. The minimum atomic E-state index is -4.44. The zero-order valence-electron chi connectivity index (χ0n) is 49.8. The number of esters is 1. The maximum Gasteiger partial charge on any atom is 0.472 e. The van der Waals surface area contributed by atoms with E-state index in [0.717, 1.165) is 89.9 Å². The monoisotopic (exact) mass is 1070 g/mol. The largest absolute Gasteiger partial charge is 0.472 e. The lowest BCUT2D eigenvalue weighted by Crippen LogP contribution is -2.47. The van der Waals surface area contributed by atoms with Gasteiger partial charge in [0, 0.05) is 12.8 Å². The molecule has 3 unspecified atom stereocenters. The van der Waals surface area contributed by atoms with Crippen LogP contribution in [0.25, 0.3) is 0 Å². The Kier molecular flexibility index (Phi) is 52.9. The number of phosphoric ester groups is 1. The fourth-order valence-corrected chi connectivity index (χ4v) is 9.59. The van der Waals surface area contributed by atoms with Crippen LogP contribution in [-0.2, 0) is 27.9 Å². The highest BCUT2D eigenvalue weighted by atomic mass is 31.2. The molecule has 0 aromatic rings. The molecule has 0 heterocycles. The lowest BCUT2D eigenvalue weighted by molar-refractivity contribution is -0.870. The van der Waals surface area contributed by atoms with Gasteiger partial charge in [-0.15, -0.1) is 0 Å². The van der Waals surface area contributed by atoms with Gasteiger partial charge in [0.15, 0.2) is 0 Å². The van der Waals surface area contributed by atoms with Crippen LogP contribution in [0.4, 0.5) is 0 Å². The summed E-state index contributed by atoms with van der Waals surface area (Å²) < 4.78 is 30.6. The van der Waals surface area contributed by atoms with E-state index in [1.165, 1.54) is 154 Å². The molecular weight excluding hydrogens is 952 g/mol. The Balaban J connectivity index is 5.01. The minimum absolute atomic E-state index is 0.0390. The van der Waals surface area contributed by atoms with E-state index in [1.54, 1.807) is 0 Å². The summed E-state index contributed by atoms with van der Waals surface area (Å²) in [7, 11) is 1.49. The van der Waals surface area contributed by atoms with Crippen LogP contribution in [0.1, 0.15) is 278 Å². The molecule has 3 atom stereocenters. The molecule has 0 aliphatic rings. The second-order valence-corrected chi connectivity index (χ2v) is 23.7. The third kappa shape index (κ3) is 56.0. The van der Waals surface area contributed by atoms with Crippen molar-refractivity contribution in [3.8, 4) is 0 Å². The van der Waals surface area contributed by atoms with Crippen molar-refractivity contribution in [2.45, 2.75) is 290 Å². The third-order valence-electron chi connectivity index (χ3n) is 13.7. The number of nitrogens with zero attached hydrogens (tertiary/aromatic N) is 1. The van der Waals surface area contributed by atoms with Crippen LogP contribution >= 0.6 is 7.82 Å². The highest BCUT2D eigenvalue weighted by molar-refractivity contribution is 7.47. The molecule has 0 spiro atoms. The molecular formula is C65H120N2O7P+. The number of carbonyl (C=O) groups excluding carboxylic acids is 2. The highest BCUT2D eigenvalue weighted by Crippen LogP contribution is 2.43. The van der Waals surface area contributed by atoms with Gasteiger partial charge in [-0.3, -0.25) is 18.6 Å². The Bertz CT molecular complexity index is 1510. The number of ether oxygens (including phenoxy) is 1. The summed E-state index contributed by atoms with van der Waals surface area (Å²) in [6, 6.07) is -0.848. The van der Waals surface area contributed by atoms with Crippen LogP contribution in [0.15, 0.2) is 72.9 Å². The topological polar surface area (TPSA) is 111 Å². The predicted octanol–water partition coefficient (Wildman–Crippen LogP) is 19.2. The summed E-state index contributed by atoms with van der Waals surface area (Å²) in [6.45, 7) is 6.89. The average Bonchev–Trinajstić information content (AvgIpc) is 3.37. The van der Waals surface area contributed by atoms with Crippen molar-refractivity contribution in [3.63, 3.8) is 0 Å². The molecule has 0 saturated carbocycles. The number of unbranched alkanes of at least 4 members (excludes halogenated alkanes) is 30. The first-order valence-corrected chi connectivity index (χ1v) is 32.8. The van der Waals surface area contributed by atoms with Gasteiger partial charge >= 0.3 is 13.8 Å². The van der Waals surface area contributed by atoms with Crippen molar-refractivity contribution in [1.29, 1.82) is 0 Å². The molecule has 0 aliphatic carbocycles. The number of nitrogens with one attached hydrogen (secondary N) is 1. The summed E-state index contributed by atoms with van der Waals surface area (Å²) >= 11 is 0. The molecule has 0 aliphatic heterocycles. The van der Waals surface area contributed by atoms with Gasteiger partial charge in [0.2, 0.25) is 5.91 Å². The van der Waals surface area contributed by atoms with Gasteiger partial charge in [0.25, 0.3) is 0 Å². The number of rotatable bonds is 56. The van der Waals surface area contributed by atoms with Gasteiger partial charge in [-0.05, 0) is 76.7 Å². The van der Waals surface area contributed by atoms with Gasteiger partial charge in [-0.1, -0.05) is 261 Å². The van der Waals surface area contributed by atoms with E-state index in [2.05, 4.69) is 86.8 Å². The van der Waals surface area contributed by atoms with Crippen LogP contribution < -0.4 is 5.32 Å². The molecule has 0 fully saturated rings. The van der Waals surface area contributed by atoms with Crippen LogP contribution in [0.5, 0.6) is 0 Å². The molecule has 0 bridgehead atoms. The number of quaternary nitrogens is 1. The highest BCUT2D eigenvalue weighted by Gasteiger charge is 2.30. The number of amides is 1. The van der Waals surface area contributed by atoms with E-state index in [4.69, 9.17) is 13.8 Å². The first-order chi connectivity index (χ1) is 36.4. The molecule has 10 heteroatoms. The number of phosphoric acid groups is 1. The summed E-state index contributed by atoms with van der Waals surface area (Å²) in [5.41, 5.74) is 0. The normalized spacial score (nSPS) is 14.2. The lowest BCUT2D eigenvalue weighted by atomic mass is 10.0. The summed E-state index contributed by atoms with van der Waals surface area (Å²) in [4.78, 5) is 37.6. The Morgan fingerprint density at radius 2 is 0.853 bits per heavy atom. The Morgan fingerprint density at radius 3 is 1.28 bits per heavy atom. The maximum atomic E-state index is 13.5. The number of carbonyl (C=O) groups is 2. The van der Waals surface area contributed by atoms with Crippen LogP contribution in [-0.4, -0.2) is 74.3 Å². The first-order valence-electron chi connectivity index (χ1n) is 31.3. The van der Waals surface area contributed by atoms with Crippen molar-refractivity contribution in [1.82, 2.24) is 5.32 Å². The van der Waals surface area contributed by atoms with Gasteiger partial charge in [-0.25, -0.2) is 4.57 Å². The van der Waals surface area contributed by atoms with Crippen molar-refractivity contribution in [2.24, 2.45) is 0 Å². The Morgan fingerprint density at radius 1 is 0.480 bits per heavy atom. The van der Waals surface area contributed by atoms with Gasteiger partial charge in [-0.2, -0.15) is 0 Å². The number of hydrogen-bond donors (Lipinski definition) is 2. The summed E-state index contributed by atoms with van der Waals surface area (Å²) in [6.07, 6.45) is 70.5. The minimum Gasteiger partial charge on any atom is -0.456 e. The van der Waals surface area contributed by atoms with Crippen LogP contribution in [0.2, 0.25) is 0 Å². The van der Waals surface area contributed by atoms with Gasteiger partial charge < -0.3 is 19.4 Å². The molecule has 0 rings (SSSR count). The van der Waals surface area contributed by atoms with Crippen molar-refractivity contribution < 1.29 is 37.3 Å². The van der Waals surface area contributed by atoms with Gasteiger partial charge in [0.1, 0.15) is 19.3 Å². The molecule has 1 amide bonds. The van der Waals surface area contributed by atoms with E-state index >= 15 is 0 Å². The molecule has 0 saturated heterocycles. The molecule has 436 valence electrons. The molecule has 0 aromatic heterocycles. The smallest absolute Gasteiger partial charge is 0.456 e. The van der Waals surface area contributed by atoms with E-state index in [9.17, 15) is 19.0 Å². The van der Waals surface area contributed by atoms with Crippen molar-refractivity contribution in [3.05, 3.63) is 72.9 Å². The molecule has 0 aromatic carbocycles. The van der Waals surface area contributed by atoms with Gasteiger partial charge in [0.05, 0.1) is 33.8 Å². The number of likely N-dealkylation sites (N-methyl/N-ethyl adjacent to an activating group) is 1. The Labute approximate surface area is 463 Å². The molecule has 2 N–H and O–H groups in total. The van der Waals surface area contributed by atoms with E-state index in [1.807, 2.05) is 33.3 Å². The van der Waals surface area contributed by atoms with Crippen LogP contribution in [0, 0.1) is 0 Å². The summed E-state index contributed by atoms with van der Waals surface area (Å²) in [5.74, 6) is -0.506. The van der Waals surface area contributed by atoms with Crippen molar-refractivity contribution in [2.75, 3.05) is 40.9 Å². The SMILES string of the molecule is CC/C=C\C/C=C\C/C=C\C/C=C\C/C=C\CCCCCCCCCCCCCC(=O)NC(COP(=O)(O)OCC[N+](C)(C)C)C(/C=C\CCCCCCCCCCC)OC(=O)CCCCCCCCCCCCC. The number of allylic oxidation sites excluding steroid dienone is 11. The summed E-state index contributed by atoms with van der Waals surface area (Å²) in [5, 5.41) is 3.05. The first kappa shape index (κ1) is 72.5. The van der Waals surface area contributed by atoms with E-state index in [0.29, 0.717) is 23.9 Å². The maximum absolute atomic E-state index is 13.5. The molecule has 75 heavy (non-hydrogen) atoms. The van der Waals surface area contributed by atoms with E-state index < -0.39 is 20.0 Å². The van der Waals surface area contributed by atoms with Crippen molar-refractivity contribution >= 4 is 19.7 Å². The van der Waals surface area contributed by atoms with Crippen LogP contribution in [0.3, 0.4) is 0 Å². The number of hydrogen-bond acceptors (Lipinski definition) is 6. The Hall–Kier alpha value is -2.55. The fourth-order valence-electron chi connectivity index (χ4n) is 8.85. The molecule has 0 radical (unpaired) electrons. The second-order valence-electron chi connectivity index (χ2n) is 22.2. The molecule has 9 nitrogen and oxygen atoms in total. The quantitative estimate of drug-likeness (QED) is 0.0205. The van der Waals surface area contributed by atoms with E-state index in [-0.39, 0.29) is 25.1 Å². The standard InChI is InChI=1S/C65H119N2O7P/c1-7-10-13-16-19-22-25-26-27-28-29-30-31-32-33-34-35-36-37-38-39-40-43-45-48-51-54-57-64(68)66-62(61-73-75(70,71)72-60-59-67(4,5)6)63(56-53-50-47-44-41-23-20-17-14-11-8-2)74-65(69)58-55-52-49-46-42-24-21-18-15-12-9-3/h10,13,19,22,26-27,29-30,32-33,53,56,62-63H,7-9,11-12,14-18,20-21,23-25,28,31,34-52,54-55,57-61H2,1-6H3,(H-,66,68,70,71)/p+1/b13-10-,22-19-,27-26-,30-29-,33-32-,56-53-. The fraction of sp³-hybridized carbons (Fsp3) is 0.785. The lowest BCUT2D eigenvalue weighted by Gasteiger charge is -2.27. The average molecular weight is 1070 g/mol. The zero-order chi connectivity index (χ0) is 55.0. The third-order valence-corrected chi connectivity index (χ3v) is 14.6. The zero-order valence-corrected chi connectivity index (χ0v) is 50.7.